The summed E-state index contributed by atoms with van der Waals surface area (Å²) < 4.78 is 60.1. The molecule has 5 N–H and O–H groups in total. The standard InChI is InChI=1S/C16H20N2O3S.H2O4S/c1-18-12-11-16(13-5-3-2-4-6-13)21-14-7-9-15(10-8-14)22(17,19)20;1-5(2,3)4/h2-10,16,18H,11-12H2,1H3,(H2,17,19,20);(H2,1,2,3,4). The van der Waals surface area contributed by atoms with Crippen LogP contribution in [-0.4, -0.2) is 39.5 Å². The van der Waals surface area contributed by atoms with Gasteiger partial charge in [-0.25, -0.2) is 13.6 Å². The summed E-state index contributed by atoms with van der Waals surface area (Å²) in [5.74, 6) is 0.609. The Hall–Kier alpha value is -2.02. The highest BCUT2D eigenvalue weighted by molar-refractivity contribution is 7.89. The quantitative estimate of drug-likeness (QED) is 0.492. The van der Waals surface area contributed by atoms with Crippen LogP contribution in [0.5, 0.6) is 5.75 Å². The summed E-state index contributed by atoms with van der Waals surface area (Å²) in [6.45, 7) is 0.814. The van der Waals surface area contributed by atoms with E-state index in [1.54, 1.807) is 12.1 Å². The van der Waals surface area contributed by atoms with Gasteiger partial charge in [0.25, 0.3) is 0 Å². The zero-order valence-electron chi connectivity index (χ0n) is 14.5. The maximum atomic E-state index is 11.3. The largest absolute Gasteiger partial charge is 0.486 e. The fourth-order valence-corrected chi connectivity index (χ4v) is 2.62. The van der Waals surface area contributed by atoms with Gasteiger partial charge in [0.05, 0.1) is 4.90 Å². The Morgan fingerprint density at radius 2 is 1.52 bits per heavy atom. The monoisotopic (exact) mass is 418 g/mol. The number of sulfonamides is 1. The molecule has 0 amide bonds. The molecule has 2 rings (SSSR count). The number of hydrogen-bond acceptors (Lipinski definition) is 6. The van der Waals surface area contributed by atoms with Gasteiger partial charge in [-0.15, -0.1) is 0 Å². The van der Waals surface area contributed by atoms with Crippen molar-refractivity contribution in [2.24, 2.45) is 5.14 Å². The molecular formula is C16H22N2O7S2. The second kappa shape index (κ2) is 10.3. The third kappa shape index (κ3) is 10.0. The van der Waals surface area contributed by atoms with Gasteiger partial charge in [-0.1, -0.05) is 30.3 Å². The Balaban J connectivity index is 0.000000646. The number of hydrogen-bond donors (Lipinski definition) is 4. The highest BCUT2D eigenvalue weighted by atomic mass is 32.3. The molecule has 0 fully saturated rings. The maximum Gasteiger partial charge on any atom is 0.394 e. The van der Waals surface area contributed by atoms with Crippen LogP contribution in [-0.2, 0) is 20.4 Å². The maximum absolute atomic E-state index is 11.3. The van der Waals surface area contributed by atoms with Gasteiger partial charge in [0, 0.05) is 6.42 Å². The SMILES string of the molecule is CNCCC(Oc1ccc(S(N)(=O)=O)cc1)c1ccccc1.O=S(=O)(O)O. The molecule has 0 spiro atoms. The molecule has 0 aromatic heterocycles. The molecule has 0 saturated heterocycles. The molecule has 0 saturated carbocycles. The number of nitrogens with one attached hydrogen (secondary N) is 1. The van der Waals surface area contributed by atoms with Gasteiger partial charge in [0.1, 0.15) is 11.9 Å². The van der Waals surface area contributed by atoms with E-state index in [0.717, 1.165) is 18.5 Å². The van der Waals surface area contributed by atoms with Crippen LogP contribution in [0, 0.1) is 0 Å². The molecule has 2 aromatic rings. The average Bonchev–Trinajstić information content (AvgIpc) is 2.57. The van der Waals surface area contributed by atoms with E-state index in [9.17, 15) is 8.42 Å². The molecule has 11 heteroatoms. The van der Waals surface area contributed by atoms with Crippen LogP contribution < -0.4 is 15.2 Å². The first-order valence-electron chi connectivity index (χ1n) is 7.69. The third-order valence-corrected chi connectivity index (χ3v) is 4.19. The molecule has 1 unspecified atom stereocenters. The lowest BCUT2D eigenvalue weighted by molar-refractivity contribution is 0.195. The summed E-state index contributed by atoms with van der Waals surface area (Å²) in [6.07, 6.45) is 0.700. The summed E-state index contributed by atoms with van der Waals surface area (Å²) >= 11 is 0. The molecule has 0 radical (unpaired) electrons. The van der Waals surface area contributed by atoms with Crippen molar-refractivity contribution in [2.75, 3.05) is 13.6 Å². The minimum Gasteiger partial charge on any atom is -0.486 e. The lowest BCUT2D eigenvalue weighted by Gasteiger charge is -2.19. The number of benzene rings is 2. The van der Waals surface area contributed by atoms with E-state index in [4.69, 9.17) is 27.4 Å². The first-order valence-corrected chi connectivity index (χ1v) is 10.6. The van der Waals surface area contributed by atoms with Gasteiger partial charge >= 0.3 is 10.4 Å². The van der Waals surface area contributed by atoms with Crippen molar-refractivity contribution < 1.29 is 30.7 Å². The van der Waals surface area contributed by atoms with E-state index >= 15 is 0 Å². The molecule has 0 heterocycles. The van der Waals surface area contributed by atoms with Crippen LogP contribution in [0.25, 0.3) is 0 Å². The van der Waals surface area contributed by atoms with Crippen molar-refractivity contribution in [3.8, 4) is 5.75 Å². The van der Waals surface area contributed by atoms with Crippen molar-refractivity contribution in [2.45, 2.75) is 17.4 Å². The Morgan fingerprint density at radius 3 is 1.96 bits per heavy atom. The number of rotatable bonds is 7. The van der Waals surface area contributed by atoms with Crippen molar-refractivity contribution in [3.05, 3.63) is 60.2 Å². The molecule has 0 bridgehead atoms. The zero-order valence-corrected chi connectivity index (χ0v) is 16.2. The number of primary sulfonamides is 1. The average molecular weight is 418 g/mol. The normalized spacial score (nSPS) is 12.6. The van der Waals surface area contributed by atoms with Gasteiger partial charge < -0.3 is 10.1 Å². The summed E-state index contributed by atoms with van der Waals surface area (Å²) in [7, 11) is -6.45. The molecule has 0 aliphatic rings. The van der Waals surface area contributed by atoms with E-state index in [1.165, 1.54) is 12.1 Å². The highest BCUT2D eigenvalue weighted by Gasteiger charge is 2.14. The van der Waals surface area contributed by atoms with Crippen LogP contribution in [0.4, 0.5) is 0 Å². The highest BCUT2D eigenvalue weighted by Crippen LogP contribution is 2.25. The molecule has 1 atom stereocenters. The molecule has 150 valence electrons. The topological polar surface area (TPSA) is 156 Å². The third-order valence-electron chi connectivity index (χ3n) is 3.26. The molecule has 0 aliphatic carbocycles. The smallest absolute Gasteiger partial charge is 0.394 e. The first kappa shape index (κ1) is 23.0. The van der Waals surface area contributed by atoms with Gasteiger partial charge in [-0.2, -0.15) is 8.42 Å². The van der Waals surface area contributed by atoms with Crippen LogP contribution in [0.3, 0.4) is 0 Å². The number of ether oxygens (including phenoxy) is 1. The van der Waals surface area contributed by atoms with Crippen molar-refractivity contribution in [1.29, 1.82) is 0 Å². The summed E-state index contributed by atoms with van der Waals surface area (Å²) in [6, 6.07) is 16.1. The lowest BCUT2D eigenvalue weighted by atomic mass is 10.1. The van der Waals surface area contributed by atoms with E-state index < -0.39 is 20.4 Å². The number of nitrogens with two attached hydrogens (primary N) is 1. The first-order chi connectivity index (χ1) is 12.5. The van der Waals surface area contributed by atoms with Crippen LogP contribution >= 0.6 is 0 Å². The Morgan fingerprint density at radius 1 is 1.00 bits per heavy atom. The molecule has 9 nitrogen and oxygen atoms in total. The van der Waals surface area contributed by atoms with Crippen molar-refractivity contribution in [1.82, 2.24) is 5.32 Å². The molecular weight excluding hydrogens is 396 g/mol. The Bertz CT molecular complexity index is 892. The predicted octanol–water partition coefficient (Wildman–Crippen LogP) is 1.41. The lowest BCUT2D eigenvalue weighted by Crippen LogP contribution is -2.16. The summed E-state index contributed by atoms with van der Waals surface area (Å²) in [5.41, 5.74) is 1.08. The van der Waals surface area contributed by atoms with Crippen molar-refractivity contribution >= 4 is 20.4 Å². The van der Waals surface area contributed by atoms with E-state index in [2.05, 4.69) is 5.32 Å². The minimum atomic E-state index is -4.67. The van der Waals surface area contributed by atoms with Gasteiger partial charge in [0.15, 0.2) is 0 Å². The predicted molar refractivity (Wildman–Crippen MR) is 100 cm³/mol. The van der Waals surface area contributed by atoms with Crippen LogP contribution in [0.1, 0.15) is 18.1 Å². The Labute approximate surface area is 158 Å². The second-order valence-corrected chi connectivity index (χ2v) is 7.83. The van der Waals surface area contributed by atoms with E-state index in [0.29, 0.717) is 5.75 Å². The molecule has 27 heavy (non-hydrogen) atoms. The second-order valence-electron chi connectivity index (χ2n) is 5.37. The van der Waals surface area contributed by atoms with Gasteiger partial charge in [-0.05, 0) is 43.4 Å². The minimum absolute atomic E-state index is 0.0753. The van der Waals surface area contributed by atoms with Gasteiger partial charge in [-0.3, -0.25) is 9.11 Å². The molecule has 0 aliphatic heterocycles. The zero-order chi connectivity index (χ0) is 20.5. The van der Waals surface area contributed by atoms with Crippen LogP contribution in [0.15, 0.2) is 59.5 Å². The molecule has 2 aromatic carbocycles. The van der Waals surface area contributed by atoms with Crippen LogP contribution in [0.2, 0.25) is 0 Å². The van der Waals surface area contributed by atoms with E-state index in [1.807, 2.05) is 37.4 Å². The fraction of sp³-hybridized carbons (Fsp3) is 0.250. The summed E-state index contributed by atoms with van der Waals surface area (Å²) in [4.78, 5) is 0.0753. The Kier molecular flexibility index (Phi) is 8.82. The van der Waals surface area contributed by atoms with Crippen molar-refractivity contribution in [3.63, 3.8) is 0 Å². The fourth-order valence-electron chi connectivity index (χ4n) is 2.11. The summed E-state index contributed by atoms with van der Waals surface area (Å²) in [5, 5.41) is 8.19. The van der Waals surface area contributed by atoms with E-state index in [-0.39, 0.29) is 11.0 Å². The van der Waals surface area contributed by atoms with Gasteiger partial charge in [0.2, 0.25) is 10.0 Å².